The predicted molar refractivity (Wildman–Crippen MR) is 397 cm³/mol. The van der Waals surface area contributed by atoms with Crippen LogP contribution < -0.4 is 0 Å². The van der Waals surface area contributed by atoms with Crippen LogP contribution in [0.2, 0.25) is 0 Å². The van der Waals surface area contributed by atoms with Gasteiger partial charge in [-0.3, -0.25) is 0 Å². The number of hydrogen-bond donors (Lipinski definition) is 0. The summed E-state index contributed by atoms with van der Waals surface area (Å²) in [5.74, 6) is 0. The van der Waals surface area contributed by atoms with Crippen LogP contribution >= 0.6 is 0 Å². The maximum Gasteiger partial charge on any atom is 0.0725 e. The molecule has 0 fully saturated rings. The average molecular weight is 1190 g/mol. The van der Waals surface area contributed by atoms with Gasteiger partial charge in [0.15, 0.2) is 0 Å². The van der Waals surface area contributed by atoms with Gasteiger partial charge in [-0.05, 0) is 124 Å². The maximum atomic E-state index is 2.32. The number of fused-ring (bicyclic) bond motifs is 19. The Bertz CT molecular complexity index is 4250. The zero-order valence-corrected chi connectivity index (χ0v) is 55.2. The molecule has 1 heteroatoms. The van der Waals surface area contributed by atoms with Gasteiger partial charge in [-0.1, -0.05) is 379 Å². The molecule has 18 rings (SSSR count). The molecule has 4 aliphatic carbocycles. The Labute approximate surface area is 548 Å². The Kier molecular flexibility index (Phi) is 19.4. The second kappa shape index (κ2) is 28.2. The van der Waals surface area contributed by atoms with E-state index in [2.05, 4.69) is 352 Å². The lowest BCUT2D eigenvalue weighted by Gasteiger charge is -2.33. The molecule has 92 heavy (non-hydrogen) atoms. The normalized spacial score (nSPS) is 12.9. The van der Waals surface area contributed by atoms with Gasteiger partial charge >= 0.3 is 0 Å². The molecule has 0 bridgehead atoms. The fraction of sp³-hybridized carbons (Fsp3) is 0.143. The van der Waals surface area contributed by atoms with Crippen LogP contribution in [0.1, 0.15) is 125 Å². The molecule has 0 N–H and O–H groups in total. The molecule has 4 aliphatic rings. The molecule has 0 aliphatic heterocycles. The average Bonchev–Trinajstić information content (AvgIpc) is 1.52. The highest BCUT2D eigenvalue weighted by Gasteiger charge is 2.51. The molecule has 13 aromatic carbocycles. The molecule has 1 aromatic heterocycles. The molecule has 0 amide bonds. The number of benzene rings is 13. The molecule has 0 saturated heterocycles. The first kappa shape index (κ1) is 63.2. The summed E-state index contributed by atoms with van der Waals surface area (Å²) < 4.78 is 2.32. The zero-order valence-electron chi connectivity index (χ0n) is 55.2. The fourth-order valence-electron chi connectivity index (χ4n) is 14.9. The van der Waals surface area contributed by atoms with Crippen molar-refractivity contribution in [1.82, 2.24) is 4.57 Å². The molecule has 1 nitrogen and oxygen atoms in total. The third-order valence-corrected chi connectivity index (χ3v) is 18.4. The van der Waals surface area contributed by atoms with Crippen molar-refractivity contribution >= 4 is 21.8 Å². The van der Waals surface area contributed by atoms with Crippen LogP contribution in [0.4, 0.5) is 0 Å². The standard InChI is InChI=1S/C25H16.C25H18.C18H13N.C15H14.4C2H6/c1-5-13-21-17(9-1)18-10-2-6-14-22(18)25(21)23-15-7-3-11-19(23)20-12-4-8-16-24(20)25;1-3-11-19(12-4-1)25(20-13-5-2-6-14-20)23-17-9-7-15-21(23)22-16-8-10-18-24(22)25;1-2-8-14(9-3-1)19-17-12-6-4-10-15(17)16-11-5-7-13-18(16)19;1-15(2)13-9-5-3-7-11(13)12-8-4-6-10-14(12)15;4*1-2/h1-16H;1-18H;1-13H;3-10H,1-2H3;4*1-2H3. The van der Waals surface area contributed by atoms with Crippen molar-refractivity contribution in [2.75, 3.05) is 0 Å². The summed E-state index contributed by atoms with van der Waals surface area (Å²) in [7, 11) is 0. The topological polar surface area (TPSA) is 4.93 Å². The molecule has 1 heterocycles. The monoisotopic (exact) mass is 1190 g/mol. The Balaban J connectivity index is 0.000000123. The van der Waals surface area contributed by atoms with Crippen LogP contribution in [0.5, 0.6) is 0 Å². The minimum Gasteiger partial charge on any atom is -0.309 e. The smallest absolute Gasteiger partial charge is 0.0725 e. The molecular weight excluding hydrogens is 1110 g/mol. The van der Waals surface area contributed by atoms with Crippen LogP contribution in [-0.4, -0.2) is 4.57 Å². The first-order valence-electron chi connectivity index (χ1n) is 33.4. The van der Waals surface area contributed by atoms with Crippen molar-refractivity contribution in [3.63, 3.8) is 0 Å². The van der Waals surface area contributed by atoms with E-state index in [0.29, 0.717) is 0 Å². The highest BCUT2D eigenvalue weighted by Crippen LogP contribution is 2.63. The summed E-state index contributed by atoms with van der Waals surface area (Å²) >= 11 is 0. The Hall–Kier alpha value is -10.3. The van der Waals surface area contributed by atoms with E-state index in [1.54, 1.807) is 0 Å². The SMILES string of the molecule is CC.CC.CC.CC.CC1(C)c2ccccc2-c2ccccc21.c1ccc(-n2c3ccccc3c3ccccc32)cc1.c1ccc(C2(c3ccccc3)c3ccccc3-c3ccccc32)cc1.c1ccc2c(c1)-c1ccccc1C21c2ccccc2-c2ccccc21. The lowest BCUT2D eigenvalue weighted by Crippen LogP contribution is -2.28. The Morgan fingerprint density at radius 1 is 0.196 bits per heavy atom. The number of rotatable bonds is 3. The molecule has 1 spiro atoms. The Morgan fingerprint density at radius 3 is 0.696 bits per heavy atom. The largest absolute Gasteiger partial charge is 0.309 e. The van der Waals surface area contributed by atoms with E-state index in [9.17, 15) is 0 Å². The fourth-order valence-corrected chi connectivity index (χ4v) is 14.9. The van der Waals surface area contributed by atoms with Gasteiger partial charge in [0.05, 0.1) is 21.9 Å². The van der Waals surface area contributed by atoms with Crippen LogP contribution in [-0.2, 0) is 16.2 Å². The lowest BCUT2D eigenvalue weighted by molar-refractivity contribution is 0.660. The van der Waals surface area contributed by atoms with Gasteiger partial charge in [0, 0.05) is 21.9 Å². The minimum absolute atomic E-state index is 0.160. The second-order valence-corrected chi connectivity index (χ2v) is 22.9. The van der Waals surface area contributed by atoms with E-state index >= 15 is 0 Å². The molecule has 0 atom stereocenters. The predicted octanol–water partition coefficient (Wildman–Crippen LogP) is 25.0. The lowest BCUT2D eigenvalue weighted by atomic mass is 9.68. The van der Waals surface area contributed by atoms with Crippen molar-refractivity contribution in [3.8, 4) is 50.2 Å². The van der Waals surface area contributed by atoms with Crippen molar-refractivity contribution < 1.29 is 0 Å². The van der Waals surface area contributed by atoms with Gasteiger partial charge in [-0.2, -0.15) is 0 Å². The summed E-state index contributed by atoms with van der Waals surface area (Å²) in [5.41, 5.74) is 28.3. The van der Waals surface area contributed by atoms with E-state index in [4.69, 9.17) is 0 Å². The van der Waals surface area contributed by atoms with E-state index in [-0.39, 0.29) is 16.2 Å². The van der Waals surface area contributed by atoms with Crippen molar-refractivity contribution in [2.45, 2.75) is 85.5 Å². The van der Waals surface area contributed by atoms with E-state index < -0.39 is 0 Å². The third-order valence-electron chi connectivity index (χ3n) is 18.4. The van der Waals surface area contributed by atoms with Crippen molar-refractivity contribution in [3.05, 3.63) is 389 Å². The van der Waals surface area contributed by atoms with Gasteiger partial charge < -0.3 is 4.57 Å². The second-order valence-electron chi connectivity index (χ2n) is 22.9. The van der Waals surface area contributed by atoms with Gasteiger partial charge in [0.1, 0.15) is 0 Å². The van der Waals surface area contributed by atoms with Crippen LogP contribution in [0.15, 0.2) is 334 Å². The molecule has 14 aromatic rings. The summed E-state index contributed by atoms with van der Waals surface area (Å²) in [4.78, 5) is 0. The third kappa shape index (κ3) is 10.6. The van der Waals surface area contributed by atoms with Gasteiger partial charge in [0.25, 0.3) is 0 Å². The van der Waals surface area contributed by atoms with Crippen LogP contribution in [0, 0.1) is 0 Å². The van der Waals surface area contributed by atoms with Gasteiger partial charge in [-0.25, -0.2) is 0 Å². The van der Waals surface area contributed by atoms with Gasteiger partial charge in [0.2, 0.25) is 0 Å². The van der Waals surface area contributed by atoms with Gasteiger partial charge in [-0.15, -0.1) is 0 Å². The highest BCUT2D eigenvalue weighted by molar-refractivity contribution is 6.09. The first-order valence-corrected chi connectivity index (χ1v) is 33.4. The quantitative estimate of drug-likeness (QED) is 0.166. The number of hydrogen-bond acceptors (Lipinski definition) is 0. The summed E-state index contributed by atoms with van der Waals surface area (Å²) in [6.07, 6.45) is 0. The first-order chi connectivity index (χ1) is 45.5. The van der Waals surface area contributed by atoms with E-state index in [1.165, 1.54) is 128 Å². The zero-order chi connectivity index (χ0) is 64.2. The molecule has 0 unspecified atom stereocenters. The summed E-state index contributed by atoms with van der Waals surface area (Å²) in [6.45, 7) is 20.6. The number of nitrogens with zero attached hydrogens (tertiary/aromatic N) is 1. The molecular formula is C91H85N. The van der Waals surface area contributed by atoms with E-state index in [1.807, 2.05) is 55.4 Å². The number of para-hydroxylation sites is 3. The molecule has 0 radical (unpaired) electrons. The highest BCUT2D eigenvalue weighted by atomic mass is 15.0. The Morgan fingerprint density at radius 2 is 0.402 bits per heavy atom. The number of aromatic nitrogens is 1. The summed E-state index contributed by atoms with van der Waals surface area (Å²) in [5, 5.41) is 2.61. The van der Waals surface area contributed by atoms with Crippen LogP contribution in [0.25, 0.3) is 72.0 Å². The van der Waals surface area contributed by atoms with Crippen molar-refractivity contribution in [1.29, 1.82) is 0 Å². The van der Waals surface area contributed by atoms with Crippen LogP contribution in [0.3, 0.4) is 0 Å². The summed E-state index contributed by atoms with van der Waals surface area (Å²) in [6, 6.07) is 120. The minimum atomic E-state index is -0.254. The molecule has 0 saturated carbocycles. The van der Waals surface area contributed by atoms with E-state index in [0.717, 1.165) is 0 Å². The maximum absolute atomic E-state index is 2.32. The molecule has 454 valence electrons. The van der Waals surface area contributed by atoms with Crippen molar-refractivity contribution in [2.24, 2.45) is 0 Å².